The van der Waals surface area contributed by atoms with Crippen molar-refractivity contribution in [1.29, 1.82) is 0 Å². The van der Waals surface area contributed by atoms with Crippen molar-refractivity contribution >= 4 is 5.65 Å². The van der Waals surface area contributed by atoms with Crippen molar-refractivity contribution in [3.8, 4) is 0 Å². The molecule has 0 unspecified atom stereocenters. The van der Waals surface area contributed by atoms with Crippen molar-refractivity contribution in [2.75, 3.05) is 19.6 Å². The normalized spacial score (nSPS) is 21.1. The summed E-state index contributed by atoms with van der Waals surface area (Å²) >= 11 is 0. The van der Waals surface area contributed by atoms with E-state index in [1.54, 1.807) is 0 Å². The highest BCUT2D eigenvalue weighted by Gasteiger charge is 2.24. The number of nitrogens with zero attached hydrogens (tertiary/aromatic N) is 3. The summed E-state index contributed by atoms with van der Waals surface area (Å²) in [6, 6.07) is 6.90. The molecular weight excluding hydrogens is 260 g/mol. The Kier molecular flexibility index (Phi) is 3.65. The molecule has 1 saturated carbocycles. The highest BCUT2D eigenvalue weighted by molar-refractivity contribution is 5.39. The van der Waals surface area contributed by atoms with Gasteiger partial charge in [-0.1, -0.05) is 6.07 Å². The maximum absolute atomic E-state index is 4.70. The minimum absolute atomic E-state index is 0.739. The van der Waals surface area contributed by atoms with Gasteiger partial charge < -0.3 is 9.72 Å². The van der Waals surface area contributed by atoms with E-state index in [1.807, 2.05) is 6.07 Å². The van der Waals surface area contributed by atoms with Gasteiger partial charge in [0.1, 0.15) is 5.65 Å². The summed E-state index contributed by atoms with van der Waals surface area (Å²) in [7, 11) is 0. The SMILES string of the molecule is c1ccn2cc(CN3CCC(NCC4CC4)CC3)nc2c1. The zero-order chi connectivity index (χ0) is 14.1. The Bertz CT molecular complexity index is 561. The average Bonchev–Trinajstić information content (AvgIpc) is 3.25. The fraction of sp³-hybridized carbons (Fsp3) is 0.588. The Balaban J connectivity index is 1.29. The van der Waals surface area contributed by atoms with E-state index in [2.05, 4.69) is 39.1 Å². The molecule has 0 atom stereocenters. The highest BCUT2D eigenvalue weighted by Crippen LogP contribution is 2.28. The molecule has 112 valence electrons. The van der Waals surface area contributed by atoms with Crippen LogP contribution in [0, 0.1) is 5.92 Å². The summed E-state index contributed by atoms with van der Waals surface area (Å²) in [5.74, 6) is 0.987. The van der Waals surface area contributed by atoms with E-state index in [4.69, 9.17) is 4.98 Å². The third-order valence-corrected chi connectivity index (χ3v) is 4.78. The van der Waals surface area contributed by atoms with Gasteiger partial charge in [-0.15, -0.1) is 0 Å². The first kappa shape index (κ1) is 13.3. The van der Waals surface area contributed by atoms with Crippen molar-refractivity contribution in [1.82, 2.24) is 19.6 Å². The number of nitrogens with one attached hydrogen (secondary N) is 1. The number of hydrogen-bond donors (Lipinski definition) is 1. The standard InChI is InChI=1S/C17H24N4/c1-2-8-21-13-16(19-17(21)3-1)12-20-9-6-15(7-10-20)18-11-14-4-5-14/h1-3,8,13-15,18H,4-7,9-12H2. The first-order valence-electron chi connectivity index (χ1n) is 8.25. The van der Waals surface area contributed by atoms with E-state index < -0.39 is 0 Å². The molecule has 2 fully saturated rings. The summed E-state index contributed by atoms with van der Waals surface area (Å²) in [6.07, 6.45) is 9.67. The predicted octanol–water partition coefficient (Wildman–Crippen LogP) is 2.30. The van der Waals surface area contributed by atoms with Crippen LogP contribution in [-0.4, -0.2) is 40.0 Å². The van der Waals surface area contributed by atoms with Gasteiger partial charge >= 0.3 is 0 Å². The molecule has 0 spiro atoms. The van der Waals surface area contributed by atoms with Crippen molar-refractivity contribution in [3.63, 3.8) is 0 Å². The Morgan fingerprint density at radius 1 is 1.14 bits per heavy atom. The lowest BCUT2D eigenvalue weighted by molar-refractivity contribution is 0.188. The Labute approximate surface area is 126 Å². The molecule has 1 aliphatic heterocycles. The van der Waals surface area contributed by atoms with Gasteiger partial charge in [-0.25, -0.2) is 4.98 Å². The minimum Gasteiger partial charge on any atom is -0.314 e. The van der Waals surface area contributed by atoms with Crippen LogP contribution in [0.25, 0.3) is 5.65 Å². The van der Waals surface area contributed by atoms with Crippen LogP contribution in [-0.2, 0) is 6.54 Å². The summed E-state index contributed by atoms with van der Waals surface area (Å²) in [4.78, 5) is 7.24. The van der Waals surface area contributed by atoms with Crippen LogP contribution < -0.4 is 5.32 Å². The van der Waals surface area contributed by atoms with Crippen LogP contribution in [0.5, 0.6) is 0 Å². The van der Waals surface area contributed by atoms with Gasteiger partial charge in [0.05, 0.1) is 5.69 Å². The average molecular weight is 284 g/mol. The quantitative estimate of drug-likeness (QED) is 0.914. The van der Waals surface area contributed by atoms with Gasteiger partial charge in [0, 0.05) is 38.1 Å². The molecule has 2 aromatic heterocycles. The molecule has 0 radical (unpaired) electrons. The molecule has 4 nitrogen and oxygen atoms in total. The topological polar surface area (TPSA) is 32.6 Å². The van der Waals surface area contributed by atoms with E-state index in [1.165, 1.54) is 51.0 Å². The second-order valence-corrected chi connectivity index (χ2v) is 6.60. The maximum Gasteiger partial charge on any atom is 0.137 e. The molecule has 1 saturated heterocycles. The number of fused-ring (bicyclic) bond motifs is 1. The number of piperidine rings is 1. The Morgan fingerprint density at radius 2 is 2.00 bits per heavy atom. The number of hydrogen-bond acceptors (Lipinski definition) is 3. The molecule has 4 rings (SSSR count). The van der Waals surface area contributed by atoms with Crippen molar-refractivity contribution in [3.05, 3.63) is 36.3 Å². The molecule has 1 N–H and O–H groups in total. The van der Waals surface area contributed by atoms with Crippen LogP contribution >= 0.6 is 0 Å². The number of imidazole rings is 1. The first-order chi connectivity index (χ1) is 10.4. The molecule has 3 heterocycles. The molecule has 0 amide bonds. The summed E-state index contributed by atoms with van der Waals surface area (Å²) in [5, 5.41) is 3.74. The van der Waals surface area contributed by atoms with Gasteiger partial charge in [-0.3, -0.25) is 4.90 Å². The number of rotatable bonds is 5. The molecule has 0 bridgehead atoms. The van der Waals surface area contributed by atoms with Gasteiger partial charge in [0.25, 0.3) is 0 Å². The predicted molar refractivity (Wildman–Crippen MR) is 84.2 cm³/mol. The summed E-state index contributed by atoms with van der Waals surface area (Å²) in [6.45, 7) is 4.61. The molecule has 21 heavy (non-hydrogen) atoms. The third kappa shape index (κ3) is 3.27. The van der Waals surface area contributed by atoms with E-state index in [-0.39, 0.29) is 0 Å². The lowest BCUT2D eigenvalue weighted by Crippen LogP contribution is -2.42. The van der Waals surface area contributed by atoms with Gasteiger partial charge in [0.2, 0.25) is 0 Å². The zero-order valence-electron chi connectivity index (χ0n) is 12.5. The first-order valence-corrected chi connectivity index (χ1v) is 8.25. The van der Waals surface area contributed by atoms with E-state index in [0.717, 1.165) is 24.2 Å². The second kappa shape index (κ2) is 5.78. The van der Waals surface area contributed by atoms with Crippen LogP contribution in [0.4, 0.5) is 0 Å². The van der Waals surface area contributed by atoms with Crippen LogP contribution in [0.2, 0.25) is 0 Å². The second-order valence-electron chi connectivity index (χ2n) is 6.60. The van der Waals surface area contributed by atoms with Gasteiger partial charge in [0.15, 0.2) is 0 Å². The third-order valence-electron chi connectivity index (χ3n) is 4.78. The lowest BCUT2D eigenvalue weighted by atomic mass is 10.0. The largest absolute Gasteiger partial charge is 0.314 e. The highest BCUT2D eigenvalue weighted by atomic mass is 15.2. The van der Waals surface area contributed by atoms with Crippen molar-refractivity contribution < 1.29 is 0 Å². The fourth-order valence-electron chi connectivity index (χ4n) is 3.24. The van der Waals surface area contributed by atoms with E-state index in [9.17, 15) is 0 Å². The maximum atomic E-state index is 4.70. The van der Waals surface area contributed by atoms with Crippen molar-refractivity contribution in [2.45, 2.75) is 38.3 Å². The molecule has 4 heteroatoms. The van der Waals surface area contributed by atoms with Crippen LogP contribution in [0.3, 0.4) is 0 Å². The number of likely N-dealkylation sites (tertiary alicyclic amines) is 1. The molecule has 2 aliphatic rings. The molecule has 1 aliphatic carbocycles. The molecular formula is C17H24N4. The molecule has 2 aromatic rings. The van der Waals surface area contributed by atoms with E-state index in [0.29, 0.717) is 0 Å². The number of pyridine rings is 1. The smallest absolute Gasteiger partial charge is 0.137 e. The Hall–Kier alpha value is -1.39. The van der Waals surface area contributed by atoms with E-state index >= 15 is 0 Å². The fourth-order valence-corrected chi connectivity index (χ4v) is 3.24. The minimum atomic E-state index is 0.739. The van der Waals surface area contributed by atoms with Crippen molar-refractivity contribution in [2.24, 2.45) is 5.92 Å². The lowest BCUT2D eigenvalue weighted by Gasteiger charge is -2.32. The molecule has 0 aromatic carbocycles. The number of aromatic nitrogens is 2. The zero-order valence-corrected chi connectivity index (χ0v) is 12.5. The summed E-state index contributed by atoms with van der Waals surface area (Å²) in [5.41, 5.74) is 2.24. The van der Waals surface area contributed by atoms with Gasteiger partial charge in [-0.2, -0.15) is 0 Å². The van der Waals surface area contributed by atoms with Crippen LogP contribution in [0.15, 0.2) is 30.6 Å². The monoisotopic (exact) mass is 284 g/mol. The van der Waals surface area contributed by atoms with Crippen LogP contribution in [0.1, 0.15) is 31.4 Å². The Morgan fingerprint density at radius 3 is 2.76 bits per heavy atom. The van der Waals surface area contributed by atoms with Gasteiger partial charge in [-0.05, 0) is 50.3 Å². The summed E-state index contributed by atoms with van der Waals surface area (Å²) < 4.78 is 2.11.